The lowest BCUT2D eigenvalue weighted by atomic mass is 10.0. The standard InChI is InChI=1S/C22H25Cl2N3O7/c1-6-32-22(30)34-19-16(31-5)7-8-25-18(19)20(28)27-12(3)21(29)33-13(4)11(2)17-15(24)9-14(23)10-26-17/h7-13H,6H2,1-5H3,(H,27,28)/t11?,12?,13-/m0/s1. The Kier molecular flexibility index (Phi) is 9.88. The first kappa shape index (κ1) is 27.1. The van der Waals surface area contributed by atoms with E-state index in [0.717, 1.165) is 0 Å². The van der Waals surface area contributed by atoms with Crippen LogP contribution in [0.4, 0.5) is 4.79 Å². The van der Waals surface area contributed by atoms with Gasteiger partial charge in [0.05, 0.1) is 29.5 Å². The molecule has 0 aliphatic rings. The Morgan fingerprint density at radius 1 is 1.15 bits per heavy atom. The van der Waals surface area contributed by atoms with E-state index in [1.807, 2.05) is 0 Å². The maximum atomic E-state index is 12.8. The number of hydrogen-bond acceptors (Lipinski definition) is 9. The fourth-order valence-corrected chi connectivity index (χ4v) is 3.33. The number of amides is 1. The summed E-state index contributed by atoms with van der Waals surface area (Å²) in [5.41, 5.74) is 0.245. The Morgan fingerprint density at radius 2 is 1.85 bits per heavy atom. The van der Waals surface area contributed by atoms with Crippen LogP contribution in [0.5, 0.6) is 11.5 Å². The molecule has 184 valence electrons. The number of methoxy groups -OCH3 is 1. The molecule has 0 bridgehead atoms. The number of carbonyl (C=O) groups excluding carboxylic acids is 3. The molecular formula is C22H25Cl2N3O7. The van der Waals surface area contributed by atoms with Gasteiger partial charge >= 0.3 is 12.1 Å². The van der Waals surface area contributed by atoms with E-state index in [2.05, 4.69) is 15.3 Å². The molecule has 0 spiro atoms. The van der Waals surface area contributed by atoms with Gasteiger partial charge in [0.1, 0.15) is 12.1 Å². The highest BCUT2D eigenvalue weighted by Gasteiger charge is 2.28. The summed E-state index contributed by atoms with van der Waals surface area (Å²) in [7, 11) is 1.33. The van der Waals surface area contributed by atoms with Crippen LogP contribution in [0.2, 0.25) is 10.0 Å². The molecule has 10 nitrogen and oxygen atoms in total. The highest BCUT2D eigenvalue weighted by Crippen LogP contribution is 2.30. The molecule has 1 amide bonds. The first-order valence-corrected chi connectivity index (χ1v) is 11.0. The summed E-state index contributed by atoms with van der Waals surface area (Å²) in [4.78, 5) is 45.3. The molecule has 0 saturated heterocycles. The molecule has 12 heteroatoms. The highest BCUT2D eigenvalue weighted by molar-refractivity contribution is 6.34. The van der Waals surface area contributed by atoms with Crippen molar-refractivity contribution in [3.8, 4) is 11.5 Å². The second-order valence-electron chi connectivity index (χ2n) is 7.12. The number of aromatic nitrogens is 2. The monoisotopic (exact) mass is 513 g/mol. The lowest BCUT2D eigenvalue weighted by Crippen LogP contribution is -2.41. The Hall–Kier alpha value is -3.11. The van der Waals surface area contributed by atoms with Crippen molar-refractivity contribution in [2.75, 3.05) is 13.7 Å². The molecule has 2 heterocycles. The van der Waals surface area contributed by atoms with Gasteiger partial charge in [0.15, 0.2) is 11.4 Å². The molecule has 0 aliphatic heterocycles. The van der Waals surface area contributed by atoms with Crippen molar-refractivity contribution in [2.24, 2.45) is 0 Å². The zero-order chi connectivity index (χ0) is 25.4. The fraction of sp³-hybridized carbons (Fsp3) is 0.409. The van der Waals surface area contributed by atoms with Gasteiger partial charge in [0.2, 0.25) is 5.75 Å². The van der Waals surface area contributed by atoms with Gasteiger partial charge in [0, 0.05) is 24.4 Å². The molecule has 2 unspecified atom stereocenters. The summed E-state index contributed by atoms with van der Waals surface area (Å²) >= 11 is 12.1. The number of nitrogens with one attached hydrogen (secondary N) is 1. The molecule has 2 aromatic heterocycles. The largest absolute Gasteiger partial charge is 0.514 e. The van der Waals surface area contributed by atoms with Crippen LogP contribution < -0.4 is 14.8 Å². The number of esters is 1. The number of rotatable bonds is 9. The van der Waals surface area contributed by atoms with E-state index >= 15 is 0 Å². The van der Waals surface area contributed by atoms with E-state index in [4.69, 9.17) is 42.1 Å². The van der Waals surface area contributed by atoms with Crippen molar-refractivity contribution < 1.29 is 33.3 Å². The third kappa shape index (κ3) is 6.94. The summed E-state index contributed by atoms with van der Waals surface area (Å²) < 4.78 is 20.4. The van der Waals surface area contributed by atoms with Crippen LogP contribution >= 0.6 is 23.2 Å². The van der Waals surface area contributed by atoms with Crippen molar-refractivity contribution in [3.63, 3.8) is 0 Å². The second kappa shape index (κ2) is 12.4. The molecule has 0 radical (unpaired) electrons. The molecule has 2 aromatic rings. The zero-order valence-electron chi connectivity index (χ0n) is 19.3. The number of carbonyl (C=O) groups is 3. The molecule has 0 fully saturated rings. The Labute approximate surface area is 206 Å². The van der Waals surface area contributed by atoms with Gasteiger partial charge in [-0.3, -0.25) is 9.78 Å². The van der Waals surface area contributed by atoms with Gasteiger partial charge < -0.3 is 24.3 Å². The lowest BCUT2D eigenvalue weighted by Gasteiger charge is -2.23. The van der Waals surface area contributed by atoms with Crippen molar-refractivity contribution in [2.45, 2.75) is 45.8 Å². The Balaban J connectivity index is 2.10. The minimum absolute atomic E-state index is 0.0686. The van der Waals surface area contributed by atoms with E-state index in [-0.39, 0.29) is 29.7 Å². The van der Waals surface area contributed by atoms with Crippen LogP contribution in [0.1, 0.15) is 49.8 Å². The maximum absolute atomic E-state index is 12.8. The lowest BCUT2D eigenvalue weighted by molar-refractivity contribution is -0.151. The number of ether oxygens (including phenoxy) is 4. The molecule has 3 atom stereocenters. The number of halogens is 2. The van der Waals surface area contributed by atoms with Gasteiger partial charge in [-0.15, -0.1) is 0 Å². The van der Waals surface area contributed by atoms with E-state index in [1.54, 1.807) is 26.8 Å². The van der Waals surface area contributed by atoms with Crippen LogP contribution in [0.15, 0.2) is 24.5 Å². The van der Waals surface area contributed by atoms with Crippen molar-refractivity contribution in [1.29, 1.82) is 0 Å². The van der Waals surface area contributed by atoms with E-state index in [9.17, 15) is 14.4 Å². The van der Waals surface area contributed by atoms with Crippen LogP contribution in [-0.4, -0.2) is 53.9 Å². The Morgan fingerprint density at radius 3 is 2.47 bits per heavy atom. The topological polar surface area (TPSA) is 126 Å². The average molecular weight is 514 g/mol. The van der Waals surface area contributed by atoms with E-state index in [1.165, 1.54) is 32.5 Å². The normalized spacial score (nSPS) is 13.3. The summed E-state index contributed by atoms with van der Waals surface area (Å²) in [5.74, 6) is -1.99. The van der Waals surface area contributed by atoms with Crippen molar-refractivity contribution in [3.05, 3.63) is 46.0 Å². The fourth-order valence-electron chi connectivity index (χ4n) is 2.78. The molecule has 34 heavy (non-hydrogen) atoms. The first-order valence-electron chi connectivity index (χ1n) is 10.3. The molecule has 0 aliphatic carbocycles. The minimum Gasteiger partial charge on any atom is -0.493 e. The maximum Gasteiger partial charge on any atom is 0.514 e. The minimum atomic E-state index is -1.06. The van der Waals surface area contributed by atoms with Gasteiger partial charge in [-0.05, 0) is 26.8 Å². The Bertz CT molecular complexity index is 1050. The average Bonchev–Trinajstić information content (AvgIpc) is 2.78. The third-order valence-electron chi connectivity index (χ3n) is 4.73. The highest BCUT2D eigenvalue weighted by atomic mass is 35.5. The van der Waals surface area contributed by atoms with Gasteiger partial charge in [-0.25, -0.2) is 14.6 Å². The third-order valence-corrected chi connectivity index (χ3v) is 5.24. The molecular weight excluding hydrogens is 489 g/mol. The number of nitrogens with zero attached hydrogens (tertiary/aromatic N) is 2. The van der Waals surface area contributed by atoms with Crippen molar-refractivity contribution in [1.82, 2.24) is 15.3 Å². The summed E-state index contributed by atoms with van der Waals surface area (Å²) in [6.45, 7) is 6.58. The van der Waals surface area contributed by atoms with Crippen LogP contribution in [-0.2, 0) is 14.3 Å². The van der Waals surface area contributed by atoms with E-state index in [0.29, 0.717) is 15.7 Å². The van der Waals surface area contributed by atoms with Gasteiger partial charge in [-0.1, -0.05) is 30.1 Å². The zero-order valence-corrected chi connectivity index (χ0v) is 20.8. The number of pyridine rings is 2. The summed E-state index contributed by atoms with van der Waals surface area (Å²) in [6, 6.07) is 1.90. The predicted octanol–water partition coefficient (Wildman–Crippen LogP) is 4.18. The van der Waals surface area contributed by atoms with E-state index < -0.39 is 30.2 Å². The molecule has 0 saturated carbocycles. The van der Waals surface area contributed by atoms with Gasteiger partial charge in [0.25, 0.3) is 5.91 Å². The van der Waals surface area contributed by atoms with Crippen LogP contribution in [0.3, 0.4) is 0 Å². The van der Waals surface area contributed by atoms with Crippen LogP contribution in [0.25, 0.3) is 0 Å². The predicted molar refractivity (Wildman–Crippen MR) is 124 cm³/mol. The molecule has 0 aromatic carbocycles. The summed E-state index contributed by atoms with van der Waals surface area (Å²) in [5, 5.41) is 3.21. The molecule has 2 rings (SSSR count). The molecule has 1 N–H and O–H groups in total. The SMILES string of the molecule is CCOC(=O)Oc1c(OC)ccnc1C(=O)NC(C)C(=O)O[C@@H](C)C(C)c1ncc(Cl)cc1Cl. The van der Waals surface area contributed by atoms with Crippen molar-refractivity contribution >= 4 is 41.2 Å². The van der Waals surface area contributed by atoms with Crippen LogP contribution in [0, 0.1) is 0 Å². The first-order chi connectivity index (χ1) is 16.1. The quantitative estimate of drug-likeness (QED) is 0.491. The smallest absolute Gasteiger partial charge is 0.493 e. The van der Waals surface area contributed by atoms with Gasteiger partial charge in [-0.2, -0.15) is 0 Å². The second-order valence-corrected chi connectivity index (χ2v) is 7.97. The summed E-state index contributed by atoms with van der Waals surface area (Å²) in [6.07, 6.45) is 1.10. The number of hydrogen-bond donors (Lipinski definition) is 1.